The SMILES string of the molecule is COC(=O)Cc1[nH]cc(OC(F)(F)F)c(=O)c1[N+](=O)[O-]. The lowest BCUT2D eigenvalue weighted by Crippen LogP contribution is -2.24. The average molecular weight is 296 g/mol. The van der Waals surface area contributed by atoms with Crippen molar-refractivity contribution in [1.82, 2.24) is 4.98 Å². The Hall–Kier alpha value is -2.59. The van der Waals surface area contributed by atoms with Crippen LogP contribution in [0, 0.1) is 10.1 Å². The van der Waals surface area contributed by atoms with E-state index in [1.807, 2.05) is 4.98 Å². The van der Waals surface area contributed by atoms with Crippen molar-refractivity contribution in [3.8, 4) is 5.75 Å². The van der Waals surface area contributed by atoms with Gasteiger partial charge in [0.1, 0.15) is 5.69 Å². The van der Waals surface area contributed by atoms with E-state index < -0.39 is 46.2 Å². The molecule has 11 heteroatoms. The Bertz CT molecular complexity index is 594. The van der Waals surface area contributed by atoms with Crippen LogP contribution in [0.5, 0.6) is 5.75 Å². The van der Waals surface area contributed by atoms with Gasteiger partial charge in [-0.1, -0.05) is 0 Å². The number of halogens is 3. The lowest BCUT2D eigenvalue weighted by atomic mass is 10.2. The number of rotatable bonds is 4. The van der Waals surface area contributed by atoms with Crippen molar-refractivity contribution >= 4 is 11.7 Å². The third-order valence-corrected chi connectivity index (χ3v) is 2.06. The van der Waals surface area contributed by atoms with E-state index in [-0.39, 0.29) is 0 Å². The number of aromatic amines is 1. The number of carbonyl (C=O) groups is 1. The van der Waals surface area contributed by atoms with Crippen molar-refractivity contribution < 1.29 is 32.4 Å². The maximum absolute atomic E-state index is 12.0. The molecule has 0 aromatic carbocycles. The molecule has 1 rings (SSSR count). The van der Waals surface area contributed by atoms with E-state index in [9.17, 15) is 32.9 Å². The summed E-state index contributed by atoms with van der Waals surface area (Å²) in [7, 11) is 1.01. The average Bonchev–Trinajstić information content (AvgIpc) is 2.30. The monoisotopic (exact) mass is 296 g/mol. The lowest BCUT2D eigenvalue weighted by Gasteiger charge is -2.09. The highest BCUT2D eigenvalue weighted by atomic mass is 19.4. The number of H-pyrrole nitrogens is 1. The number of esters is 1. The van der Waals surface area contributed by atoms with Crippen molar-refractivity contribution in [3.05, 3.63) is 32.2 Å². The van der Waals surface area contributed by atoms with Crippen LogP contribution in [0.1, 0.15) is 5.69 Å². The van der Waals surface area contributed by atoms with Gasteiger partial charge >= 0.3 is 23.4 Å². The highest BCUT2D eigenvalue weighted by Crippen LogP contribution is 2.22. The van der Waals surface area contributed by atoms with E-state index in [1.165, 1.54) is 0 Å². The summed E-state index contributed by atoms with van der Waals surface area (Å²) in [4.78, 5) is 34.1. The number of aromatic nitrogens is 1. The first-order valence-electron chi connectivity index (χ1n) is 4.87. The van der Waals surface area contributed by atoms with Gasteiger partial charge in [-0.3, -0.25) is 19.7 Å². The maximum atomic E-state index is 12.0. The van der Waals surface area contributed by atoms with Crippen LogP contribution >= 0.6 is 0 Å². The molecule has 0 unspecified atom stereocenters. The fraction of sp³-hybridized carbons (Fsp3) is 0.333. The third-order valence-electron chi connectivity index (χ3n) is 2.06. The highest BCUT2D eigenvalue weighted by Gasteiger charge is 2.34. The predicted octanol–water partition coefficient (Wildman–Crippen LogP) is 0.897. The Morgan fingerprint density at radius 3 is 2.55 bits per heavy atom. The first kappa shape index (κ1) is 15.5. The molecule has 1 heterocycles. The molecule has 110 valence electrons. The molecule has 0 bridgehead atoms. The van der Waals surface area contributed by atoms with E-state index in [1.54, 1.807) is 0 Å². The number of nitrogens with one attached hydrogen (secondary N) is 1. The molecule has 0 amide bonds. The highest BCUT2D eigenvalue weighted by molar-refractivity contribution is 5.73. The van der Waals surface area contributed by atoms with E-state index in [2.05, 4.69) is 9.47 Å². The molecular formula is C9H7F3N2O6. The molecule has 0 atom stereocenters. The summed E-state index contributed by atoms with van der Waals surface area (Å²) in [5, 5.41) is 10.7. The van der Waals surface area contributed by atoms with Crippen LogP contribution in [-0.4, -0.2) is 29.3 Å². The molecule has 0 saturated heterocycles. The number of hydrogen-bond donors (Lipinski definition) is 1. The predicted molar refractivity (Wildman–Crippen MR) is 56.1 cm³/mol. The summed E-state index contributed by atoms with van der Waals surface area (Å²) >= 11 is 0. The summed E-state index contributed by atoms with van der Waals surface area (Å²) in [6.07, 6.45) is -5.36. The summed E-state index contributed by atoms with van der Waals surface area (Å²) < 4.78 is 43.6. The second-order valence-electron chi connectivity index (χ2n) is 3.37. The van der Waals surface area contributed by atoms with Gasteiger partial charge in [-0.25, -0.2) is 0 Å². The Labute approximate surface area is 108 Å². The zero-order valence-electron chi connectivity index (χ0n) is 9.82. The Kier molecular flexibility index (Phi) is 4.32. The molecule has 1 aromatic rings. The van der Waals surface area contributed by atoms with Crippen molar-refractivity contribution in [1.29, 1.82) is 0 Å². The molecule has 0 fully saturated rings. The van der Waals surface area contributed by atoms with Crippen LogP contribution in [0.3, 0.4) is 0 Å². The number of nitrogens with zero attached hydrogens (tertiary/aromatic N) is 1. The zero-order chi connectivity index (χ0) is 15.5. The van der Waals surface area contributed by atoms with Crippen molar-refractivity contribution in [2.75, 3.05) is 7.11 Å². The minimum Gasteiger partial charge on any atom is -0.469 e. The minimum absolute atomic E-state index is 0.485. The number of methoxy groups -OCH3 is 1. The fourth-order valence-electron chi connectivity index (χ4n) is 1.29. The topological polar surface area (TPSA) is 112 Å². The largest absolute Gasteiger partial charge is 0.573 e. The van der Waals surface area contributed by atoms with E-state index in [0.717, 1.165) is 7.11 Å². The number of hydrogen-bond acceptors (Lipinski definition) is 6. The first-order chi connectivity index (χ1) is 9.15. The van der Waals surface area contributed by atoms with Crippen molar-refractivity contribution in [2.45, 2.75) is 12.8 Å². The van der Waals surface area contributed by atoms with Gasteiger partial charge in [0, 0.05) is 6.20 Å². The number of carbonyl (C=O) groups excluding carboxylic acids is 1. The Balaban J connectivity index is 3.31. The van der Waals surface area contributed by atoms with E-state index in [4.69, 9.17) is 0 Å². The van der Waals surface area contributed by atoms with Crippen LogP contribution < -0.4 is 10.2 Å². The molecule has 0 radical (unpaired) electrons. The molecule has 1 aromatic heterocycles. The Morgan fingerprint density at radius 2 is 2.10 bits per heavy atom. The summed E-state index contributed by atoms with van der Waals surface area (Å²) in [5.41, 5.74) is -3.29. The molecule has 8 nitrogen and oxygen atoms in total. The van der Waals surface area contributed by atoms with Crippen LogP contribution in [0.15, 0.2) is 11.0 Å². The van der Waals surface area contributed by atoms with Gasteiger partial charge in [0.25, 0.3) is 0 Å². The van der Waals surface area contributed by atoms with Gasteiger partial charge in [-0.2, -0.15) is 0 Å². The zero-order valence-corrected chi connectivity index (χ0v) is 9.82. The van der Waals surface area contributed by atoms with Gasteiger partial charge in [0.2, 0.25) is 0 Å². The third kappa shape index (κ3) is 3.70. The first-order valence-corrected chi connectivity index (χ1v) is 4.87. The van der Waals surface area contributed by atoms with Crippen LogP contribution in [0.4, 0.5) is 18.9 Å². The van der Waals surface area contributed by atoms with Gasteiger partial charge in [0.15, 0.2) is 5.75 Å². The second kappa shape index (κ2) is 5.59. The summed E-state index contributed by atoms with van der Waals surface area (Å²) in [6, 6.07) is 0. The van der Waals surface area contributed by atoms with Gasteiger partial charge in [0.05, 0.1) is 18.5 Å². The quantitative estimate of drug-likeness (QED) is 0.502. The van der Waals surface area contributed by atoms with Gasteiger partial charge < -0.3 is 14.5 Å². The standard InChI is InChI=1S/C9H7F3N2O6/c1-19-6(15)2-4-7(14(17)18)8(16)5(3-13-4)20-9(10,11)12/h3H,2H2,1H3,(H,13,16). The van der Waals surface area contributed by atoms with E-state index in [0.29, 0.717) is 6.20 Å². The van der Waals surface area contributed by atoms with Crippen molar-refractivity contribution in [2.24, 2.45) is 0 Å². The van der Waals surface area contributed by atoms with E-state index >= 15 is 0 Å². The Morgan fingerprint density at radius 1 is 1.50 bits per heavy atom. The maximum Gasteiger partial charge on any atom is 0.573 e. The van der Waals surface area contributed by atoms with Crippen LogP contribution in [-0.2, 0) is 16.0 Å². The molecular weight excluding hydrogens is 289 g/mol. The van der Waals surface area contributed by atoms with Crippen LogP contribution in [0.25, 0.3) is 0 Å². The number of alkyl halides is 3. The van der Waals surface area contributed by atoms with Gasteiger partial charge in [-0.15, -0.1) is 13.2 Å². The molecule has 1 N–H and O–H groups in total. The normalized spacial score (nSPS) is 11.0. The number of nitro groups is 1. The summed E-state index contributed by atoms with van der Waals surface area (Å²) in [5.74, 6) is -2.20. The molecule has 0 aliphatic heterocycles. The molecule has 0 saturated carbocycles. The smallest absolute Gasteiger partial charge is 0.469 e. The van der Waals surface area contributed by atoms with Crippen LogP contribution in [0.2, 0.25) is 0 Å². The van der Waals surface area contributed by atoms with Gasteiger partial charge in [-0.05, 0) is 0 Å². The minimum atomic E-state index is -5.18. The molecule has 0 aliphatic carbocycles. The molecule has 0 aliphatic rings. The fourth-order valence-corrected chi connectivity index (χ4v) is 1.29. The molecule has 20 heavy (non-hydrogen) atoms. The lowest BCUT2D eigenvalue weighted by molar-refractivity contribution is -0.387. The summed E-state index contributed by atoms with van der Waals surface area (Å²) in [6.45, 7) is 0. The number of ether oxygens (including phenoxy) is 2. The van der Waals surface area contributed by atoms with Crippen molar-refractivity contribution in [3.63, 3.8) is 0 Å². The number of pyridine rings is 1. The molecule has 0 spiro atoms. The second-order valence-corrected chi connectivity index (χ2v) is 3.37.